The lowest BCUT2D eigenvalue weighted by atomic mass is 10.0. The molecule has 0 spiro atoms. The van der Waals surface area contributed by atoms with Crippen LogP contribution in [0, 0.1) is 0 Å². The molecule has 0 aliphatic rings. The zero-order chi connectivity index (χ0) is 44.5. The Morgan fingerprint density at radius 1 is 0.239 bits per heavy atom. The van der Waals surface area contributed by atoms with E-state index in [1.165, 1.54) is 0 Å². The fraction of sp³-hybridized carbons (Fsp3) is 0. The quantitative estimate of drug-likeness (QED) is 0.145. The van der Waals surface area contributed by atoms with E-state index in [0.29, 0.717) is 23.3 Å². The summed E-state index contributed by atoms with van der Waals surface area (Å²) in [6.45, 7) is 0. The van der Waals surface area contributed by atoms with Gasteiger partial charge < -0.3 is 4.57 Å². The van der Waals surface area contributed by atoms with Crippen molar-refractivity contribution >= 4 is 21.8 Å². The van der Waals surface area contributed by atoms with Gasteiger partial charge in [-0.15, -0.1) is 0 Å². The SMILES string of the molecule is c1ccc(-c2ccc3c4ccc(-c5ccccc5)cc4n(-c4ccc(-c5nc(-c6ccccc6)nc(-c6ccccc6)n5)cc4-c4cc(-c5ccccc5)nc(-c5ccccc5)n4)c3c2)cc1. The largest absolute Gasteiger partial charge is 0.309 e. The lowest BCUT2D eigenvalue weighted by Gasteiger charge is -2.17. The molecule has 0 fully saturated rings. The summed E-state index contributed by atoms with van der Waals surface area (Å²) in [4.78, 5) is 26.0. The molecule has 6 heteroatoms. The van der Waals surface area contributed by atoms with Crippen LogP contribution in [0.1, 0.15) is 0 Å². The van der Waals surface area contributed by atoms with E-state index in [2.05, 4.69) is 150 Å². The lowest BCUT2D eigenvalue weighted by molar-refractivity contribution is 1.07. The van der Waals surface area contributed by atoms with Crippen molar-refractivity contribution in [1.29, 1.82) is 0 Å². The smallest absolute Gasteiger partial charge is 0.164 e. The molecule has 3 heterocycles. The Hall–Kier alpha value is -9.13. The molecule has 67 heavy (non-hydrogen) atoms. The van der Waals surface area contributed by atoms with Gasteiger partial charge in [0.25, 0.3) is 0 Å². The molecule has 0 unspecified atom stereocenters. The van der Waals surface area contributed by atoms with Crippen LogP contribution >= 0.6 is 0 Å². The number of rotatable bonds is 9. The van der Waals surface area contributed by atoms with E-state index in [1.807, 2.05) is 97.1 Å². The second kappa shape index (κ2) is 17.1. The summed E-state index contributed by atoms with van der Waals surface area (Å²) in [6.07, 6.45) is 0. The molecule has 0 aliphatic heterocycles. The van der Waals surface area contributed by atoms with E-state index in [9.17, 15) is 0 Å². The fourth-order valence-corrected chi connectivity index (χ4v) is 8.97. The molecule has 12 aromatic rings. The molecule has 0 bridgehead atoms. The van der Waals surface area contributed by atoms with E-state index in [1.54, 1.807) is 0 Å². The average molecular weight is 857 g/mol. The van der Waals surface area contributed by atoms with Crippen molar-refractivity contribution in [3.05, 3.63) is 243 Å². The van der Waals surface area contributed by atoms with Crippen molar-refractivity contribution in [2.24, 2.45) is 0 Å². The minimum Gasteiger partial charge on any atom is -0.309 e. The van der Waals surface area contributed by atoms with Gasteiger partial charge in [0.2, 0.25) is 0 Å². The van der Waals surface area contributed by atoms with Crippen LogP contribution in [0.5, 0.6) is 0 Å². The third-order valence-corrected chi connectivity index (χ3v) is 12.3. The van der Waals surface area contributed by atoms with Crippen LogP contribution in [0.15, 0.2) is 243 Å². The summed E-state index contributed by atoms with van der Waals surface area (Å²) in [5.41, 5.74) is 14.7. The Kier molecular flexibility index (Phi) is 10.1. The Morgan fingerprint density at radius 2 is 0.597 bits per heavy atom. The van der Waals surface area contributed by atoms with Gasteiger partial charge in [0.1, 0.15) is 0 Å². The molecule has 12 rings (SSSR count). The van der Waals surface area contributed by atoms with Crippen molar-refractivity contribution in [2.75, 3.05) is 0 Å². The summed E-state index contributed by atoms with van der Waals surface area (Å²) in [5.74, 6) is 2.38. The summed E-state index contributed by atoms with van der Waals surface area (Å²) in [6, 6.07) is 84.2. The maximum Gasteiger partial charge on any atom is 0.164 e. The predicted octanol–water partition coefficient (Wildman–Crippen LogP) is 15.1. The summed E-state index contributed by atoms with van der Waals surface area (Å²) >= 11 is 0. The fourth-order valence-electron chi connectivity index (χ4n) is 8.97. The summed E-state index contributed by atoms with van der Waals surface area (Å²) in [5, 5.41) is 2.30. The normalized spacial score (nSPS) is 11.3. The van der Waals surface area contributed by atoms with E-state index in [4.69, 9.17) is 24.9 Å². The van der Waals surface area contributed by atoms with Crippen LogP contribution in [0.4, 0.5) is 0 Å². The van der Waals surface area contributed by atoms with E-state index < -0.39 is 0 Å². The molecular formula is C61H40N6. The Morgan fingerprint density at radius 3 is 1.04 bits per heavy atom. The van der Waals surface area contributed by atoms with Gasteiger partial charge >= 0.3 is 0 Å². The Labute approximate surface area is 388 Å². The number of hydrogen-bond donors (Lipinski definition) is 0. The summed E-state index contributed by atoms with van der Waals surface area (Å²) in [7, 11) is 0. The maximum absolute atomic E-state index is 5.45. The van der Waals surface area contributed by atoms with Crippen LogP contribution < -0.4 is 0 Å². The second-order valence-electron chi connectivity index (χ2n) is 16.5. The molecule has 0 saturated carbocycles. The first-order chi connectivity index (χ1) is 33.2. The highest BCUT2D eigenvalue weighted by molar-refractivity contribution is 6.11. The molecule has 314 valence electrons. The minimum atomic E-state index is 0.557. The molecule has 3 aromatic heterocycles. The highest BCUT2D eigenvalue weighted by Gasteiger charge is 2.22. The van der Waals surface area contributed by atoms with Crippen molar-refractivity contribution in [2.45, 2.75) is 0 Å². The molecule has 0 saturated heterocycles. The first-order valence-corrected chi connectivity index (χ1v) is 22.4. The predicted molar refractivity (Wildman–Crippen MR) is 273 cm³/mol. The minimum absolute atomic E-state index is 0.557. The van der Waals surface area contributed by atoms with Crippen molar-refractivity contribution in [3.8, 4) is 96.0 Å². The highest BCUT2D eigenvalue weighted by Crippen LogP contribution is 2.41. The van der Waals surface area contributed by atoms with E-state index in [0.717, 1.165) is 94.5 Å². The van der Waals surface area contributed by atoms with E-state index in [-0.39, 0.29) is 0 Å². The highest BCUT2D eigenvalue weighted by atomic mass is 15.0. The zero-order valence-corrected chi connectivity index (χ0v) is 36.3. The molecule has 0 atom stereocenters. The van der Waals surface area contributed by atoms with Gasteiger partial charge in [0.15, 0.2) is 23.3 Å². The van der Waals surface area contributed by atoms with Gasteiger partial charge in [-0.3, -0.25) is 0 Å². The average Bonchev–Trinajstić information content (AvgIpc) is 3.74. The molecule has 0 N–H and O–H groups in total. The van der Waals surface area contributed by atoms with Gasteiger partial charge in [-0.1, -0.05) is 206 Å². The van der Waals surface area contributed by atoms with Gasteiger partial charge in [-0.05, 0) is 58.7 Å². The van der Waals surface area contributed by atoms with Crippen LogP contribution in [0.3, 0.4) is 0 Å². The second-order valence-corrected chi connectivity index (χ2v) is 16.5. The number of nitrogens with zero attached hydrogens (tertiary/aromatic N) is 6. The molecule has 0 aliphatic carbocycles. The number of aromatic nitrogens is 6. The molecule has 9 aromatic carbocycles. The first kappa shape index (κ1) is 39.5. The van der Waals surface area contributed by atoms with Crippen molar-refractivity contribution in [3.63, 3.8) is 0 Å². The Balaban J connectivity index is 1.17. The molecule has 0 radical (unpaired) electrons. The third-order valence-electron chi connectivity index (χ3n) is 12.3. The van der Waals surface area contributed by atoms with Gasteiger partial charge in [0, 0.05) is 44.2 Å². The number of fused-ring (bicyclic) bond motifs is 3. The number of hydrogen-bond acceptors (Lipinski definition) is 5. The first-order valence-electron chi connectivity index (χ1n) is 22.4. The molecule has 0 amide bonds. The van der Waals surface area contributed by atoms with Gasteiger partial charge in [-0.25, -0.2) is 24.9 Å². The number of benzene rings is 9. The van der Waals surface area contributed by atoms with Crippen molar-refractivity contribution < 1.29 is 0 Å². The lowest BCUT2D eigenvalue weighted by Crippen LogP contribution is -2.03. The monoisotopic (exact) mass is 856 g/mol. The van der Waals surface area contributed by atoms with Crippen LogP contribution in [0.2, 0.25) is 0 Å². The molecular weight excluding hydrogens is 817 g/mol. The standard InChI is InChI=1S/C61H40N6/c1-7-19-41(20-8-1)47-31-34-50-51-35-32-48(42-21-9-2-10-22-42)39-57(51)67(56(50)38-47)55-36-33-49(61-65-59(45-27-15-5-16-28-45)64-60(66-61)46-29-17-6-18-30-46)37-52(55)54-40-53(43-23-11-3-12-24-43)62-58(63-54)44-25-13-4-14-26-44/h1-40H. The third kappa shape index (κ3) is 7.62. The Bertz CT molecular complexity index is 3500. The van der Waals surface area contributed by atoms with Gasteiger partial charge in [0.05, 0.1) is 28.1 Å². The van der Waals surface area contributed by atoms with Gasteiger partial charge in [-0.2, -0.15) is 0 Å². The maximum atomic E-state index is 5.45. The topological polar surface area (TPSA) is 69.4 Å². The van der Waals surface area contributed by atoms with Crippen LogP contribution in [-0.2, 0) is 0 Å². The van der Waals surface area contributed by atoms with Crippen LogP contribution in [-0.4, -0.2) is 29.5 Å². The van der Waals surface area contributed by atoms with Crippen molar-refractivity contribution in [1.82, 2.24) is 29.5 Å². The van der Waals surface area contributed by atoms with E-state index >= 15 is 0 Å². The van der Waals surface area contributed by atoms with Crippen LogP contribution in [0.25, 0.3) is 118 Å². The molecule has 6 nitrogen and oxygen atoms in total. The zero-order valence-electron chi connectivity index (χ0n) is 36.3. The summed E-state index contributed by atoms with van der Waals surface area (Å²) < 4.78 is 2.41.